The lowest BCUT2D eigenvalue weighted by Gasteiger charge is -2.17. The summed E-state index contributed by atoms with van der Waals surface area (Å²) in [5.74, 6) is 0.258. The van der Waals surface area contributed by atoms with Crippen LogP contribution in [0, 0.1) is 0 Å². The van der Waals surface area contributed by atoms with Crippen molar-refractivity contribution in [2.45, 2.75) is 19.3 Å². The highest BCUT2D eigenvalue weighted by Crippen LogP contribution is 2.27. The first kappa shape index (κ1) is 14.3. The molecule has 1 atom stereocenters. The Morgan fingerprint density at radius 1 is 1.40 bits per heavy atom. The van der Waals surface area contributed by atoms with Crippen LogP contribution in [-0.2, 0) is 0 Å². The van der Waals surface area contributed by atoms with Gasteiger partial charge in [0.1, 0.15) is 17.9 Å². The van der Waals surface area contributed by atoms with Gasteiger partial charge in [-0.25, -0.2) is 4.98 Å². The van der Waals surface area contributed by atoms with Gasteiger partial charge in [0.2, 0.25) is 0 Å². The molecule has 2 N–H and O–H groups in total. The summed E-state index contributed by atoms with van der Waals surface area (Å²) in [5, 5.41) is 9.57. The zero-order chi connectivity index (χ0) is 14.6. The molecule has 20 heavy (non-hydrogen) atoms. The maximum Gasteiger partial charge on any atom is 0.573 e. The van der Waals surface area contributed by atoms with Crippen molar-refractivity contribution in [1.29, 1.82) is 0 Å². The van der Waals surface area contributed by atoms with Gasteiger partial charge in [-0.1, -0.05) is 19.1 Å². The van der Waals surface area contributed by atoms with Gasteiger partial charge in [-0.3, -0.25) is 5.10 Å². The Bertz CT molecular complexity index is 542. The molecule has 1 heterocycles. The molecular weight excluding hydrogens is 273 g/mol. The van der Waals surface area contributed by atoms with Gasteiger partial charge in [-0.2, -0.15) is 5.10 Å². The van der Waals surface area contributed by atoms with Gasteiger partial charge in [0, 0.05) is 0 Å². The number of aromatic amines is 1. The SMILES string of the molecule is CCNC(c1cccc(OC(F)(F)F)c1)c1ncn[nH]1. The molecule has 1 aromatic carbocycles. The maximum absolute atomic E-state index is 12.2. The molecule has 1 aromatic heterocycles. The Labute approximate surface area is 113 Å². The van der Waals surface area contributed by atoms with Crippen molar-refractivity contribution >= 4 is 0 Å². The van der Waals surface area contributed by atoms with E-state index in [2.05, 4.69) is 25.2 Å². The smallest absolute Gasteiger partial charge is 0.406 e. The van der Waals surface area contributed by atoms with E-state index in [9.17, 15) is 13.2 Å². The van der Waals surface area contributed by atoms with E-state index in [4.69, 9.17) is 0 Å². The Morgan fingerprint density at radius 3 is 2.80 bits per heavy atom. The minimum atomic E-state index is -4.71. The third-order valence-corrected chi connectivity index (χ3v) is 2.54. The summed E-state index contributed by atoms with van der Waals surface area (Å²) in [6.45, 7) is 2.51. The molecule has 0 fully saturated rings. The van der Waals surface area contributed by atoms with Crippen LogP contribution in [0.5, 0.6) is 5.75 Å². The summed E-state index contributed by atoms with van der Waals surface area (Å²) < 4.78 is 40.6. The number of nitrogens with one attached hydrogen (secondary N) is 2. The van der Waals surface area contributed by atoms with E-state index in [1.165, 1.54) is 24.5 Å². The summed E-state index contributed by atoms with van der Waals surface area (Å²) >= 11 is 0. The van der Waals surface area contributed by atoms with Gasteiger partial charge in [-0.05, 0) is 24.2 Å². The van der Waals surface area contributed by atoms with Crippen LogP contribution < -0.4 is 10.1 Å². The molecule has 108 valence electrons. The van der Waals surface area contributed by atoms with Crippen molar-refractivity contribution in [3.8, 4) is 5.75 Å². The van der Waals surface area contributed by atoms with Crippen molar-refractivity contribution in [2.24, 2.45) is 0 Å². The fraction of sp³-hybridized carbons (Fsp3) is 0.333. The molecule has 8 heteroatoms. The molecular formula is C12H13F3N4O. The second-order valence-electron chi connectivity index (χ2n) is 3.98. The lowest BCUT2D eigenvalue weighted by atomic mass is 10.1. The standard InChI is InChI=1S/C12H13F3N4O/c1-2-16-10(11-17-7-18-19-11)8-4-3-5-9(6-8)20-12(13,14)15/h3-7,10,16H,2H2,1H3,(H,17,18,19). The fourth-order valence-corrected chi connectivity index (χ4v) is 1.82. The van der Waals surface area contributed by atoms with Crippen LogP contribution in [0.3, 0.4) is 0 Å². The molecule has 2 aromatic rings. The van der Waals surface area contributed by atoms with Gasteiger partial charge in [0.15, 0.2) is 0 Å². The number of nitrogens with zero attached hydrogens (tertiary/aromatic N) is 2. The van der Waals surface area contributed by atoms with Crippen molar-refractivity contribution in [3.05, 3.63) is 42.0 Å². The lowest BCUT2D eigenvalue weighted by Crippen LogP contribution is -2.23. The number of ether oxygens (including phenoxy) is 1. The van der Waals surface area contributed by atoms with Crippen LogP contribution in [0.25, 0.3) is 0 Å². The van der Waals surface area contributed by atoms with Gasteiger partial charge in [-0.15, -0.1) is 13.2 Å². The Morgan fingerprint density at radius 2 is 2.20 bits per heavy atom. The van der Waals surface area contributed by atoms with Crippen LogP contribution in [0.4, 0.5) is 13.2 Å². The van der Waals surface area contributed by atoms with Crippen molar-refractivity contribution in [1.82, 2.24) is 20.5 Å². The highest BCUT2D eigenvalue weighted by atomic mass is 19.4. The third kappa shape index (κ3) is 3.70. The molecule has 5 nitrogen and oxygen atoms in total. The first-order chi connectivity index (χ1) is 9.49. The van der Waals surface area contributed by atoms with E-state index in [1.54, 1.807) is 6.07 Å². The van der Waals surface area contributed by atoms with Gasteiger partial charge < -0.3 is 10.1 Å². The van der Waals surface area contributed by atoms with Crippen molar-refractivity contribution in [2.75, 3.05) is 6.54 Å². The zero-order valence-electron chi connectivity index (χ0n) is 10.6. The number of hydrogen-bond acceptors (Lipinski definition) is 4. The molecule has 2 rings (SSSR count). The van der Waals surface area contributed by atoms with E-state index in [0.717, 1.165) is 0 Å². The quantitative estimate of drug-likeness (QED) is 0.886. The van der Waals surface area contributed by atoms with Crippen LogP contribution in [0.1, 0.15) is 24.4 Å². The van der Waals surface area contributed by atoms with Crippen LogP contribution in [-0.4, -0.2) is 28.1 Å². The minimum absolute atomic E-state index is 0.266. The van der Waals surface area contributed by atoms with Crippen molar-refractivity contribution in [3.63, 3.8) is 0 Å². The number of rotatable bonds is 5. The van der Waals surface area contributed by atoms with Gasteiger partial charge in [0.25, 0.3) is 0 Å². The monoisotopic (exact) mass is 286 g/mol. The molecule has 0 aliphatic heterocycles. The highest BCUT2D eigenvalue weighted by Gasteiger charge is 2.31. The van der Waals surface area contributed by atoms with Crippen LogP contribution in [0.2, 0.25) is 0 Å². The summed E-state index contributed by atoms with van der Waals surface area (Å²) in [6.07, 6.45) is -3.37. The predicted octanol–water partition coefficient (Wildman–Crippen LogP) is 2.40. The molecule has 0 saturated carbocycles. The van der Waals surface area contributed by atoms with Crippen LogP contribution in [0.15, 0.2) is 30.6 Å². The average Bonchev–Trinajstić information content (AvgIpc) is 2.87. The molecule has 0 radical (unpaired) electrons. The van der Waals surface area contributed by atoms with Crippen LogP contribution >= 0.6 is 0 Å². The number of benzene rings is 1. The summed E-state index contributed by atoms with van der Waals surface area (Å²) in [5.41, 5.74) is 0.602. The molecule has 1 unspecified atom stereocenters. The number of aromatic nitrogens is 3. The number of alkyl halides is 3. The maximum atomic E-state index is 12.2. The molecule has 0 spiro atoms. The normalized spacial score (nSPS) is 13.2. The van der Waals surface area contributed by atoms with E-state index in [-0.39, 0.29) is 11.8 Å². The van der Waals surface area contributed by atoms with Gasteiger partial charge >= 0.3 is 6.36 Å². The van der Waals surface area contributed by atoms with Crippen molar-refractivity contribution < 1.29 is 17.9 Å². The topological polar surface area (TPSA) is 62.8 Å². The second-order valence-corrected chi connectivity index (χ2v) is 3.98. The lowest BCUT2D eigenvalue weighted by molar-refractivity contribution is -0.274. The summed E-state index contributed by atoms with van der Waals surface area (Å²) in [6, 6.07) is 5.39. The number of H-pyrrole nitrogens is 1. The number of halogens is 3. The molecule has 0 aliphatic carbocycles. The first-order valence-corrected chi connectivity index (χ1v) is 5.94. The molecule has 0 bridgehead atoms. The molecule has 0 amide bonds. The highest BCUT2D eigenvalue weighted by molar-refractivity contribution is 5.33. The van der Waals surface area contributed by atoms with E-state index < -0.39 is 6.36 Å². The van der Waals surface area contributed by atoms with E-state index in [1.807, 2.05) is 6.92 Å². The predicted molar refractivity (Wildman–Crippen MR) is 65.0 cm³/mol. The summed E-state index contributed by atoms with van der Waals surface area (Å²) in [4.78, 5) is 4.02. The Balaban J connectivity index is 2.27. The van der Waals surface area contributed by atoms with E-state index in [0.29, 0.717) is 17.9 Å². The molecule has 0 aliphatic rings. The zero-order valence-corrected chi connectivity index (χ0v) is 10.6. The Kier molecular flexibility index (Phi) is 4.23. The van der Waals surface area contributed by atoms with E-state index >= 15 is 0 Å². The second kappa shape index (κ2) is 5.91. The molecule has 0 saturated heterocycles. The number of hydrogen-bond donors (Lipinski definition) is 2. The third-order valence-electron chi connectivity index (χ3n) is 2.54. The summed E-state index contributed by atoms with van der Waals surface area (Å²) in [7, 11) is 0. The minimum Gasteiger partial charge on any atom is -0.406 e. The first-order valence-electron chi connectivity index (χ1n) is 5.94. The average molecular weight is 286 g/mol. The Hall–Kier alpha value is -2.09. The fourth-order valence-electron chi connectivity index (χ4n) is 1.82. The van der Waals surface area contributed by atoms with Gasteiger partial charge in [0.05, 0.1) is 6.04 Å². The largest absolute Gasteiger partial charge is 0.573 e.